The molecule has 2 aliphatic heterocycles. The van der Waals surface area contributed by atoms with Gasteiger partial charge in [-0.05, 0) is 13.8 Å². The maximum Gasteiger partial charge on any atom is 0.187 e. The van der Waals surface area contributed by atoms with Crippen LogP contribution < -0.4 is 0 Å². The van der Waals surface area contributed by atoms with Crippen LogP contribution in [0.3, 0.4) is 0 Å². The topological polar surface area (TPSA) is 149 Å². The maximum absolute atomic E-state index is 9.91. The molecule has 0 aromatic carbocycles. The molecule has 9 nitrogen and oxygen atoms in total. The van der Waals surface area contributed by atoms with Crippen molar-refractivity contribution < 1.29 is 44.8 Å². The van der Waals surface area contributed by atoms with Gasteiger partial charge in [-0.1, -0.05) is 0 Å². The second-order valence-electron chi connectivity index (χ2n) is 5.50. The third kappa shape index (κ3) is 3.21. The van der Waals surface area contributed by atoms with E-state index in [2.05, 4.69) is 0 Å². The molecule has 0 aliphatic carbocycles. The number of hydrogen-bond donors (Lipinski definition) is 6. The van der Waals surface area contributed by atoms with E-state index < -0.39 is 61.4 Å². The number of aliphatic hydroxyl groups is 6. The molecular weight excluding hydrogens is 288 g/mol. The summed E-state index contributed by atoms with van der Waals surface area (Å²) in [6.45, 7) is 3.00. The maximum atomic E-state index is 9.91. The Morgan fingerprint density at radius 1 is 0.667 bits per heavy atom. The normalized spacial score (nSPS) is 55.4. The van der Waals surface area contributed by atoms with Crippen molar-refractivity contribution in [3.8, 4) is 0 Å². The second-order valence-corrected chi connectivity index (χ2v) is 5.50. The first-order valence-corrected chi connectivity index (χ1v) is 6.78. The average molecular weight is 310 g/mol. The molecule has 1 unspecified atom stereocenters. The lowest BCUT2D eigenvalue weighted by Crippen LogP contribution is -2.62. The van der Waals surface area contributed by atoms with E-state index in [1.165, 1.54) is 13.8 Å². The van der Waals surface area contributed by atoms with Crippen molar-refractivity contribution in [2.24, 2.45) is 0 Å². The van der Waals surface area contributed by atoms with Gasteiger partial charge in [0.1, 0.15) is 36.6 Å². The van der Waals surface area contributed by atoms with Gasteiger partial charge in [-0.3, -0.25) is 0 Å². The van der Waals surface area contributed by atoms with Crippen molar-refractivity contribution in [1.82, 2.24) is 0 Å². The van der Waals surface area contributed by atoms with Crippen molar-refractivity contribution >= 4 is 0 Å². The van der Waals surface area contributed by atoms with E-state index in [0.29, 0.717) is 0 Å². The van der Waals surface area contributed by atoms with Crippen molar-refractivity contribution in [2.45, 2.75) is 75.3 Å². The lowest BCUT2D eigenvalue weighted by Gasteiger charge is -2.44. The first kappa shape index (κ1) is 17.0. The van der Waals surface area contributed by atoms with Gasteiger partial charge in [0.2, 0.25) is 0 Å². The van der Waals surface area contributed by atoms with Crippen molar-refractivity contribution in [1.29, 1.82) is 0 Å². The molecule has 9 heteroatoms. The van der Waals surface area contributed by atoms with Crippen LogP contribution in [0, 0.1) is 0 Å². The summed E-state index contributed by atoms with van der Waals surface area (Å²) in [7, 11) is 0. The molecule has 2 saturated heterocycles. The van der Waals surface area contributed by atoms with Crippen LogP contribution in [0.2, 0.25) is 0 Å². The van der Waals surface area contributed by atoms with Crippen LogP contribution in [-0.4, -0.2) is 92.1 Å². The van der Waals surface area contributed by atoms with Gasteiger partial charge in [0, 0.05) is 0 Å². The Balaban J connectivity index is 2.06. The minimum atomic E-state index is -1.57. The van der Waals surface area contributed by atoms with Crippen molar-refractivity contribution in [3.05, 3.63) is 0 Å². The number of ether oxygens (including phenoxy) is 3. The Labute approximate surface area is 121 Å². The highest BCUT2D eigenvalue weighted by atomic mass is 16.7. The van der Waals surface area contributed by atoms with E-state index in [1.807, 2.05) is 0 Å². The van der Waals surface area contributed by atoms with Gasteiger partial charge in [-0.25, -0.2) is 0 Å². The summed E-state index contributed by atoms with van der Waals surface area (Å²) in [6.07, 6.45) is -12.8. The molecule has 0 aromatic rings. The molecule has 0 saturated carbocycles. The summed E-state index contributed by atoms with van der Waals surface area (Å²) >= 11 is 0. The molecule has 124 valence electrons. The molecule has 2 heterocycles. The van der Waals surface area contributed by atoms with Crippen LogP contribution in [0.4, 0.5) is 0 Å². The first-order valence-electron chi connectivity index (χ1n) is 6.78. The predicted molar refractivity (Wildman–Crippen MR) is 65.8 cm³/mol. The highest BCUT2D eigenvalue weighted by molar-refractivity contribution is 4.91. The largest absolute Gasteiger partial charge is 0.388 e. The van der Waals surface area contributed by atoms with E-state index in [9.17, 15) is 30.6 Å². The predicted octanol–water partition coefficient (Wildman–Crippen LogP) is -3.34. The van der Waals surface area contributed by atoms with E-state index >= 15 is 0 Å². The van der Waals surface area contributed by atoms with Gasteiger partial charge in [-0.2, -0.15) is 0 Å². The SMILES string of the molecule is C[C@@H]1O[C@H](O[C@@H]2[C@@H](O)[C@@H](O)C(O)O[C@H]2C)[C@H](O)[C@H](O)[C@H]1O. The van der Waals surface area contributed by atoms with E-state index in [0.717, 1.165) is 0 Å². The third-order valence-electron chi connectivity index (χ3n) is 3.90. The van der Waals surface area contributed by atoms with E-state index in [-0.39, 0.29) is 0 Å². The Hall–Kier alpha value is -0.360. The summed E-state index contributed by atoms with van der Waals surface area (Å²) < 4.78 is 15.6. The molecule has 6 N–H and O–H groups in total. The molecule has 0 spiro atoms. The highest BCUT2D eigenvalue weighted by Gasteiger charge is 2.48. The fourth-order valence-electron chi connectivity index (χ4n) is 2.49. The van der Waals surface area contributed by atoms with Gasteiger partial charge in [0.15, 0.2) is 12.6 Å². The molecule has 0 bridgehead atoms. The van der Waals surface area contributed by atoms with Crippen LogP contribution in [0.15, 0.2) is 0 Å². The standard InChI is InChI=1S/C12H22O9/c1-3-5(13)6(14)9(17)12(20-3)21-10-4(2)19-11(18)8(16)7(10)15/h3-18H,1-2H3/t3-,4-,5-,6+,7-,8+,9+,10-,11?,12+/m0/s1. The lowest BCUT2D eigenvalue weighted by molar-refractivity contribution is -0.348. The van der Waals surface area contributed by atoms with Crippen molar-refractivity contribution in [2.75, 3.05) is 0 Å². The minimum absolute atomic E-state index is 0.784. The summed E-state index contributed by atoms with van der Waals surface area (Å²) in [6, 6.07) is 0. The monoisotopic (exact) mass is 310 g/mol. The summed E-state index contributed by atoms with van der Waals surface area (Å²) in [5.41, 5.74) is 0. The zero-order chi connectivity index (χ0) is 15.9. The van der Waals surface area contributed by atoms with Crippen LogP contribution >= 0.6 is 0 Å². The number of aliphatic hydroxyl groups excluding tert-OH is 6. The fourth-order valence-corrected chi connectivity index (χ4v) is 2.49. The lowest BCUT2D eigenvalue weighted by atomic mass is 9.98. The number of rotatable bonds is 2. The average Bonchev–Trinajstić information content (AvgIpc) is 2.44. The zero-order valence-corrected chi connectivity index (χ0v) is 11.7. The van der Waals surface area contributed by atoms with Crippen LogP contribution in [0.5, 0.6) is 0 Å². The summed E-state index contributed by atoms with van der Waals surface area (Å²) in [5.74, 6) is 0. The molecule has 10 atom stereocenters. The zero-order valence-electron chi connectivity index (χ0n) is 11.7. The minimum Gasteiger partial charge on any atom is -0.388 e. The highest BCUT2D eigenvalue weighted by Crippen LogP contribution is 2.28. The molecule has 2 rings (SSSR count). The van der Waals surface area contributed by atoms with Gasteiger partial charge >= 0.3 is 0 Å². The van der Waals surface area contributed by atoms with Crippen LogP contribution in [-0.2, 0) is 14.2 Å². The van der Waals surface area contributed by atoms with Gasteiger partial charge < -0.3 is 44.8 Å². The van der Waals surface area contributed by atoms with E-state index in [4.69, 9.17) is 14.2 Å². The molecule has 0 radical (unpaired) electrons. The third-order valence-corrected chi connectivity index (χ3v) is 3.90. The molecule has 21 heavy (non-hydrogen) atoms. The number of hydrogen-bond acceptors (Lipinski definition) is 9. The van der Waals surface area contributed by atoms with E-state index in [1.54, 1.807) is 0 Å². The second kappa shape index (κ2) is 6.41. The quantitative estimate of drug-likeness (QED) is 0.308. The van der Waals surface area contributed by atoms with Crippen molar-refractivity contribution in [3.63, 3.8) is 0 Å². The Bertz CT molecular complexity index is 354. The Morgan fingerprint density at radius 2 is 1.29 bits per heavy atom. The molecule has 2 aliphatic rings. The molecule has 0 aromatic heterocycles. The van der Waals surface area contributed by atoms with Crippen LogP contribution in [0.1, 0.15) is 13.8 Å². The summed E-state index contributed by atoms with van der Waals surface area (Å²) in [4.78, 5) is 0. The van der Waals surface area contributed by atoms with Gasteiger partial charge in [0.05, 0.1) is 12.2 Å². The van der Waals surface area contributed by atoms with Gasteiger partial charge in [-0.15, -0.1) is 0 Å². The first-order chi connectivity index (χ1) is 9.73. The summed E-state index contributed by atoms with van der Waals surface area (Å²) in [5, 5.41) is 58.0. The fraction of sp³-hybridized carbons (Fsp3) is 1.00. The Kier molecular flexibility index (Phi) is 5.19. The van der Waals surface area contributed by atoms with Gasteiger partial charge in [0.25, 0.3) is 0 Å². The Morgan fingerprint density at radius 3 is 1.90 bits per heavy atom. The van der Waals surface area contributed by atoms with Crippen LogP contribution in [0.25, 0.3) is 0 Å². The molecular formula is C12H22O9. The molecule has 2 fully saturated rings. The smallest absolute Gasteiger partial charge is 0.187 e. The molecule has 0 amide bonds.